The number of furan rings is 1. The number of piperidine rings is 1. The van der Waals surface area contributed by atoms with Crippen LogP contribution in [0.25, 0.3) is 0 Å². The van der Waals surface area contributed by atoms with E-state index >= 15 is 0 Å². The second kappa shape index (κ2) is 8.08. The van der Waals surface area contributed by atoms with Crippen LogP contribution in [0.1, 0.15) is 49.2 Å². The maximum atomic E-state index is 5.45. The Balaban J connectivity index is 1.38. The van der Waals surface area contributed by atoms with Gasteiger partial charge >= 0.3 is 0 Å². The van der Waals surface area contributed by atoms with Crippen molar-refractivity contribution in [2.24, 2.45) is 5.92 Å². The highest BCUT2D eigenvalue weighted by Gasteiger charge is 2.20. The van der Waals surface area contributed by atoms with E-state index in [0.29, 0.717) is 6.04 Å². The summed E-state index contributed by atoms with van der Waals surface area (Å²) in [6.07, 6.45) is 5.33. The molecule has 0 aromatic carbocycles. The molecule has 0 unspecified atom stereocenters. The smallest absolute Gasteiger partial charge is 0.120 e. The Labute approximate surface area is 142 Å². The van der Waals surface area contributed by atoms with Gasteiger partial charge in [-0.2, -0.15) is 0 Å². The molecule has 0 amide bonds. The maximum Gasteiger partial charge on any atom is 0.120 e. The molecule has 0 bridgehead atoms. The summed E-state index contributed by atoms with van der Waals surface area (Å²) in [5, 5.41) is 7.08. The average molecular weight is 334 g/mol. The van der Waals surface area contributed by atoms with Crippen LogP contribution in [0.4, 0.5) is 0 Å². The van der Waals surface area contributed by atoms with E-state index in [1.807, 2.05) is 12.1 Å². The highest BCUT2D eigenvalue weighted by atomic mass is 32.1. The topological polar surface area (TPSA) is 41.3 Å². The zero-order valence-electron chi connectivity index (χ0n) is 14.1. The van der Waals surface area contributed by atoms with Crippen LogP contribution in [0.2, 0.25) is 0 Å². The zero-order chi connectivity index (χ0) is 16.1. The predicted octanol–water partition coefficient (Wildman–Crippen LogP) is 3.86. The highest BCUT2D eigenvalue weighted by molar-refractivity contribution is 7.09. The molecule has 1 fully saturated rings. The van der Waals surface area contributed by atoms with Crippen LogP contribution < -0.4 is 5.32 Å². The molecule has 126 valence electrons. The second-order valence-corrected chi connectivity index (χ2v) is 7.39. The third-order valence-electron chi connectivity index (χ3n) is 4.68. The van der Waals surface area contributed by atoms with Crippen molar-refractivity contribution in [2.45, 2.75) is 45.7 Å². The summed E-state index contributed by atoms with van der Waals surface area (Å²) in [5.41, 5.74) is 1.25. The van der Waals surface area contributed by atoms with Crippen LogP contribution in [0, 0.1) is 5.92 Å². The Morgan fingerprint density at radius 2 is 2.26 bits per heavy atom. The van der Waals surface area contributed by atoms with E-state index in [2.05, 4.69) is 34.4 Å². The molecule has 1 aliphatic heterocycles. The van der Waals surface area contributed by atoms with E-state index in [4.69, 9.17) is 4.42 Å². The third-order valence-corrected chi connectivity index (χ3v) is 5.72. The normalized spacial score (nSPS) is 18.3. The van der Waals surface area contributed by atoms with Crippen LogP contribution in [0.3, 0.4) is 0 Å². The lowest BCUT2D eigenvalue weighted by molar-refractivity contribution is 0.171. The summed E-state index contributed by atoms with van der Waals surface area (Å²) in [5.74, 6) is 1.79. The van der Waals surface area contributed by atoms with Crippen LogP contribution >= 0.6 is 11.3 Å². The molecule has 2 aromatic heterocycles. The first-order valence-electron chi connectivity index (χ1n) is 8.67. The first-order chi connectivity index (χ1) is 11.2. The SMILES string of the molecule is CCc1nc(CN2CCC(CN[C@H](C)c3ccco3)CC2)cs1. The lowest BCUT2D eigenvalue weighted by Crippen LogP contribution is -2.37. The van der Waals surface area contributed by atoms with Crippen molar-refractivity contribution in [3.63, 3.8) is 0 Å². The standard InChI is InChI=1S/C18H27N3OS/c1-3-18-20-16(13-23-18)12-21-8-6-15(7-9-21)11-19-14(2)17-5-4-10-22-17/h4-5,10,13-15,19H,3,6-9,11-12H2,1-2H3/t14-/m1/s1. The van der Waals surface area contributed by atoms with Crippen molar-refractivity contribution in [1.29, 1.82) is 0 Å². The molecule has 0 aliphatic carbocycles. The molecule has 1 saturated heterocycles. The summed E-state index contributed by atoms with van der Waals surface area (Å²) in [4.78, 5) is 7.23. The van der Waals surface area contributed by atoms with E-state index < -0.39 is 0 Å². The molecule has 1 N–H and O–H groups in total. The van der Waals surface area contributed by atoms with Gasteiger partial charge in [-0.05, 0) is 63.9 Å². The Bertz CT molecular complexity index is 573. The molecule has 0 saturated carbocycles. The summed E-state index contributed by atoms with van der Waals surface area (Å²) in [6, 6.07) is 4.29. The van der Waals surface area contributed by atoms with Crippen LogP contribution in [-0.2, 0) is 13.0 Å². The molecule has 1 atom stereocenters. The number of aromatic nitrogens is 1. The molecule has 23 heavy (non-hydrogen) atoms. The van der Waals surface area contributed by atoms with Crippen molar-refractivity contribution >= 4 is 11.3 Å². The number of rotatable bonds is 7. The number of aryl methyl sites for hydroxylation is 1. The fourth-order valence-electron chi connectivity index (χ4n) is 3.14. The lowest BCUT2D eigenvalue weighted by atomic mass is 9.96. The number of thiazole rings is 1. The second-order valence-electron chi connectivity index (χ2n) is 6.45. The molecule has 0 radical (unpaired) electrons. The molecule has 2 aromatic rings. The molecule has 4 nitrogen and oxygen atoms in total. The largest absolute Gasteiger partial charge is 0.468 e. The van der Waals surface area contributed by atoms with Gasteiger partial charge in [-0.1, -0.05) is 6.92 Å². The molecular weight excluding hydrogens is 306 g/mol. The number of likely N-dealkylation sites (tertiary alicyclic amines) is 1. The first kappa shape index (κ1) is 16.7. The van der Waals surface area contributed by atoms with Gasteiger partial charge in [0, 0.05) is 11.9 Å². The molecule has 3 rings (SSSR count). The van der Waals surface area contributed by atoms with Gasteiger partial charge in [-0.25, -0.2) is 4.98 Å². The summed E-state index contributed by atoms with van der Waals surface area (Å²) in [6.45, 7) is 8.79. The Morgan fingerprint density at radius 3 is 2.91 bits per heavy atom. The Kier molecular flexibility index (Phi) is 5.86. The minimum absolute atomic E-state index is 0.297. The number of nitrogens with zero attached hydrogens (tertiary/aromatic N) is 2. The van der Waals surface area contributed by atoms with E-state index in [1.54, 1.807) is 17.6 Å². The fourth-order valence-corrected chi connectivity index (χ4v) is 3.88. The van der Waals surface area contributed by atoms with Crippen LogP contribution in [-0.4, -0.2) is 29.5 Å². The van der Waals surface area contributed by atoms with E-state index in [-0.39, 0.29) is 0 Å². The summed E-state index contributed by atoms with van der Waals surface area (Å²) < 4.78 is 5.45. The van der Waals surface area contributed by atoms with E-state index in [1.165, 1.54) is 36.6 Å². The predicted molar refractivity (Wildman–Crippen MR) is 94.6 cm³/mol. The number of hydrogen-bond acceptors (Lipinski definition) is 5. The zero-order valence-corrected chi connectivity index (χ0v) is 14.9. The number of hydrogen-bond donors (Lipinski definition) is 1. The van der Waals surface area contributed by atoms with Gasteiger partial charge < -0.3 is 9.73 Å². The molecule has 5 heteroatoms. The highest BCUT2D eigenvalue weighted by Crippen LogP contribution is 2.21. The van der Waals surface area contributed by atoms with Crippen molar-refractivity contribution in [1.82, 2.24) is 15.2 Å². The van der Waals surface area contributed by atoms with Gasteiger partial charge in [-0.3, -0.25) is 4.90 Å². The van der Waals surface area contributed by atoms with Gasteiger partial charge in [0.2, 0.25) is 0 Å². The van der Waals surface area contributed by atoms with Crippen molar-refractivity contribution in [2.75, 3.05) is 19.6 Å². The first-order valence-corrected chi connectivity index (χ1v) is 9.55. The summed E-state index contributed by atoms with van der Waals surface area (Å²) in [7, 11) is 0. The van der Waals surface area contributed by atoms with Crippen LogP contribution in [0.15, 0.2) is 28.2 Å². The Hall–Kier alpha value is -1.17. The maximum absolute atomic E-state index is 5.45. The van der Waals surface area contributed by atoms with Gasteiger partial charge in [0.25, 0.3) is 0 Å². The molecular formula is C18H27N3OS. The Morgan fingerprint density at radius 1 is 1.43 bits per heavy atom. The van der Waals surface area contributed by atoms with E-state index in [9.17, 15) is 0 Å². The minimum Gasteiger partial charge on any atom is -0.468 e. The lowest BCUT2D eigenvalue weighted by Gasteiger charge is -2.32. The van der Waals surface area contributed by atoms with Gasteiger partial charge in [-0.15, -0.1) is 11.3 Å². The fraction of sp³-hybridized carbons (Fsp3) is 0.611. The quantitative estimate of drug-likeness (QED) is 0.835. The molecule has 0 spiro atoms. The minimum atomic E-state index is 0.297. The number of nitrogens with one attached hydrogen (secondary N) is 1. The van der Waals surface area contributed by atoms with Gasteiger partial charge in [0.15, 0.2) is 0 Å². The van der Waals surface area contributed by atoms with Crippen molar-refractivity contribution in [3.8, 4) is 0 Å². The van der Waals surface area contributed by atoms with Gasteiger partial charge in [0.1, 0.15) is 5.76 Å². The molecule has 1 aliphatic rings. The van der Waals surface area contributed by atoms with E-state index in [0.717, 1.165) is 31.2 Å². The van der Waals surface area contributed by atoms with Crippen LogP contribution in [0.5, 0.6) is 0 Å². The molecule has 3 heterocycles. The van der Waals surface area contributed by atoms with Crippen molar-refractivity contribution < 1.29 is 4.42 Å². The average Bonchev–Trinajstić information content (AvgIpc) is 3.25. The van der Waals surface area contributed by atoms with Gasteiger partial charge in [0.05, 0.1) is 23.0 Å². The van der Waals surface area contributed by atoms with Crippen molar-refractivity contribution in [3.05, 3.63) is 40.2 Å². The summed E-state index contributed by atoms with van der Waals surface area (Å²) >= 11 is 1.79. The monoisotopic (exact) mass is 333 g/mol. The third kappa shape index (κ3) is 4.66.